The number of allylic oxidation sites excluding steroid dienone is 8. The average molecular weight is 337 g/mol. The van der Waals surface area contributed by atoms with Gasteiger partial charge in [0.1, 0.15) is 0 Å². The van der Waals surface area contributed by atoms with Crippen LogP contribution in [0.15, 0.2) is 38.6 Å². The Balaban J connectivity index is 0.00000264. The van der Waals surface area contributed by atoms with Crippen LogP contribution in [0, 0.1) is 12.0 Å². The predicted octanol–water partition coefficient (Wildman–Crippen LogP) is 3.09. The zero-order chi connectivity index (χ0) is 16.8. The molecule has 2 aliphatic rings. The molecule has 122 valence electrons. The molecule has 0 radical (unpaired) electrons. The first kappa shape index (κ1) is 21.0. The van der Waals surface area contributed by atoms with Crippen molar-refractivity contribution in [2.75, 3.05) is 0 Å². The second-order valence-electron chi connectivity index (χ2n) is 8.69. The van der Waals surface area contributed by atoms with Gasteiger partial charge in [-0.1, -0.05) is 56.8 Å². The zero-order valence-electron chi connectivity index (χ0n) is 17.1. The molecule has 0 heterocycles. The van der Waals surface area contributed by atoms with Crippen molar-refractivity contribution in [3.63, 3.8) is 0 Å². The minimum atomic E-state index is -1.11. The van der Waals surface area contributed by atoms with E-state index >= 15 is 0 Å². The van der Waals surface area contributed by atoms with Crippen LogP contribution in [0.3, 0.4) is 0 Å². The minimum absolute atomic E-state index is 0. The molecule has 0 aromatic carbocycles. The summed E-state index contributed by atoms with van der Waals surface area (Å²) in [6.07, 6.45) is 4.91. The van der Waals surface area contributed by atoms with E-state index in [1.807, 2.05) is 0 Å². The van der Waals surface area contributed by atoms with Gasteiger partial charge in [-0.15, -0.1) is 12.0 Å². The van der Waals surface area contributed by atoms with E-state index in [1.54, 1.807) is 33.1 Å². The van der Waals surface area contributed by atoms with Crippen molar-refractivity contribution in [1.29, 1.82) is 0 Å². The van der Waals surface area contributed by atoms with Crippen molar-refractivity contribution < 1.29 is 18.9 Å². The van der Waals surface area contributed by atoms with Gasteiger partial charge in [-0.25, -0.2) is 5.57 Å². The van der Waals surface area contributed by atoms with Crippen LogP contribution in [0.1, 0.15) is 34.1 Å². The summed E-state index contributed by atoms with van der Waals surface area (Å²) in [6, 6.07) is 1.29. The summed E-state index contributed by atoms with van der Waals surface area (Å²) < 4.78 is 0. The van der Waals surface area contributed by atoms with Gasteiger partial charge >= 0.3 is 18.9 Å². The average Bonchev–Trinajstić information content (AvgIpc) is 2.85. The van der Waals surface area contributed by atoms with Gasteiger partial charge in [0, 0.05) is 16.9 Å². The third kappa shape index (κ3) is 4.16. The molecule has 1 unspecified atom stereocenters. The monoisotopic (exact) mass is 336 g/mol. The Kier molecular flexibility index (Phi) is 6.84. The molecule has 0 aromatic heterocycles. The van der Waals surface area contributed by atoms with Crippen LogP contribution in [0.5, 0.6) is 0 Å². The summed E-state index contributed by atoms with van der Waals surface area (Å²) >= 11 is 0. The van der Waals surface area contributed by atoms with Gasteiger partial charge in [-0.3, -0.25) is 6.08 Å². The maximum absolute atomic E-state index is 3.80. The fourth-order valence-electron chi connectivity index (χ4n) is 3.85. The van der Waals surface area contributed by atoms with Crippen LogP contribution in [0.25, 0.3) is 0 Å². The van der Waals surface area contributed by atoms with Crippen molar-refractivity contribution in [3.05, 3.63) is 44.7 Å². The van der Waals surface area contributed by atoms with Gasteiger partial charge < -0.3 is 0 Å². The molecule has 0 fully saturated rings. The fourth-order valence-corrected chi connectivity index (χ4v) is 6.63. The smallest absolute Gasteiger partial charge is 0.269 e. The van der Waals surface area contributed by atoms with E-state index < -0.39 is 16.9 Å². The Morgan fingerprint density at radius 2 is 1.65 bits per heavy atom. The van der Waals surface area contributed by atoms with Crippen LogP contribution in [-0.4, -0.2) is 16.9 Å². The molecule has 2 aliphatic carbocycles. The maximum Gasteiger partial charge on any atom is 1.00 e. The summed E-state index contributed by atoms with van der Waals surface area (Å²) in [5.74, 6) is 0.592. The first-order chi connectivity index (χ1) is 10.0. The van der Waals surface area contributed by atoms with Crippen LogP contribution < -0.4 is 18.9 Å². The van der Waals surface area contributed by atoms with E-state index in [9.17, 15) is 0 Å². The van der Waals surface area contributed by atoms with E-state index in [0.29, 0.717) is 5.92 Å². The molecule has 2 rings (SSSR count). The molecule has 1 atom stereocenters. The van der Waals surface area contributed by atoms with E-state index in [0.717, 1.165) is 6.42 Å². The molecular formula is C20H33LiSi2. The topological polar surface area (TPSA) is 0 Å². The van der Waals surface area contributed by atoms with Crippen molar-refractivity contribution in [2.24, 2.45) is 5.92 Å². The van der Waals surface area contributed by atoms with Crippen molar-refractivity contribution in [2.45, 2.75) is 72.9 Å². The zero-order valence-corrected chi connectivity index (χ0v) is 19.2. The van der Waals surface area contributed by atoms with Crippen molar-refractivity contribution in [3.8, 4) is 0 Å². The molecule has 0 saturated carbocycles. The Morgan fingerprint density at radius 1 is 1.09 bits per heavy atom. The van der Waals surface area contributed by atoms with Gasteiger partial charge in [0.25, 0.3) is 0 Å². The second kappa shape index (κ2) is 7.48. The summed E-state index contributed by atoms with van der Waals surface area (Å²) in [4.78, 5) is 0. The standard InChI is InChI=1S/C20H33Si2.Li/c1-13-14(2)16(4)19(15(13)3)20-17(12-22(7,8)9)10-11-18(20)21(5)6;/h15,21H,11-12H2,1-9H3;/q-1;+1. The molecule has 0 aromatic rings. The quantitative estimate of drug-likeness (QED) is 0.547. The predicted molar refractivity (Wildman–Crippen MR) is 106 cm³/mol. The minimum Gasteiger partial charge on any atom is -0.269 e. The molecule has 0 spiro atoms. The van der Waals surface area contributed by atoms with E-state index in [4.69, 9.17) is 0 Å². The molecule has 0 N–H and O–H groups in total. The van der Waals surface area contributed by atoms with Gasteiger partial charge in [0.2, 0.25) is 0 Å². The number of rotatable bonds is 4. The molecule has 0 nitrogen and oxygen atoms in total. The Morgan fingerprint density at radius 3 is 2.04 bits per heavy atom. The fraction of sp³-hybridized carbons (Fsp3) is 0.600. The van der Waals surface area contributed by atoms with Crippen LogP contribution in [0.4, 0.5) is 0 Å². The Labute approximate surface area is 159 Å². The number of hydrogen-bond acceptors (Lipinski definition) is 0. The molecule has 0 saturated heterocycles. The first-order valence-electron chi connectivity index (χ1n) is 8.76. The SMILES string of the molecule is CC1=C(C)C(C)C(C2=C([SiH](C)C)C[C-]=C2C[Si](C)(C)C)=C1C.[Li+]. The van der Waals surface area contributed by atoms with Gasteiger partial charge in [-0.05, 0) is 32.3 Å². The Bertz CT molecular complexity index is 610. The normalized spacial score (nSPS) is 22.3. The summed E-state index contributed by atoms with van der Waals surface area (Å²) in [7, 11) is -1.89. The molecule has 23 heavy (non-hydrogen) atoms. The summed E-state index contributed by atoms with van der Waals surface area (Å²) in [5, 5.41) is 1.76. The molecule has 3 heteroatoms. The van der Waals surface area contributed by atoms with Gasteiger partial charge in [0.05, 0.1) is 0 Å². The molecule has 0 aliphatic heterocycles. The van der Waals surface area contributed by atoms with Crippen LogP contribution in [0.2, 0.25) is 38.8 Å². The maximum atomic E-state index is 3.80. The second-order valence-corrected chi connectivity index (χ2v) is 17.2. The molecule has 0 amide bonds. The van der Waals surface area contributed by atoms with E-state index in [2.05, 4.69) is 66.5 Å². The van der Waals surface area contributed by atoms with Crippen LogP contribution >= 0.6 is 0 Å². The van der Waals surface area contributed by atoms with Gasteiger partial charge in [0.15, 0.2) is 0 Å². The van der Waals surface area contributed by atoms with Crippen LogP contribution in [-0.2, 0) is 0 Å². The van der Waals surface area contributed by atoms with Crippen molar-refractivity contribution in [1.82, 2.24) is 0 Å². The summed E-state index contributed by atoms with van der Waals surface area (Å²) in [5.41, 5.74) is 9.51. The largest absolute Gasteiger partial charge is 1.00 e. The number of hydrogen-bond donors (Lipinski definition) is 0. The first-order valence-corrected chi connectivity index (χ1v) is 15.4. The molecule has 0 bridgehead atoms. The van der Waals surface area contributed by atoms with Crippen molar-refractivity contribution >= 4 is 16.9 Å². The summed E-state index contributed by atoms with van der Waals surface area (Å²) in [6.45, 7) is 21.8. The molecular weight excluding hydrogens is 303 g/mol. The van der Waals surface area contributed by atoms with E-state index in [1.165, 1.54) is 11.6 Å². The third-order valence-electron chi connectivity index (χ3n) is 5.43. The Hall–Kier alpha value is -0.00883. The van der Waals surface area contributed by atoms with Gasteiger partial charge in [-0.2, -0.15) is 10.8 Å². The van der Waals surface area contributed by atoms with E-state index in [-0.39, 0.29) is 18.9 Å². The third-order valence-corrected chi connectivity index (χ3v) is 8.73.